The number of pyridine rings is 1. The third-order valence-corrected chi connectivity index (χ3v) is 7.17. The molecule has 0 saturated carbocycles. The van der Waals surface area contributed by atoms with Gasteiger partial charge in [-0.3, -0.25) is 14.1 Å². The van der Waals surface area contributed by atoms with Crippen molar-refractivity contribution in [2.45, 2.75) is 46.9 Å². The average Bonchev–Trinajstić information content (AvgIpc) is 2.46. The zero-order valence-electron chi connectivity index (χ0n) is 15.7. The van der Waals surface area contributed by atoms with E-state index in [9.17, 15) is 9.13 Å². The minimum atomic E-state index is -3.25. The van der Waals surface area contributed by atoms with Crippen molar-refractivity contribution in [1.82, 2.24) is 4.98 Å². The zero-order chi connectivity index (χ0) is 18.9. The minimum absolute atomic E-state index is 0.0664. The molecule has 0 atom stereocenters. The van der Waals surface area contributed by atoms with Crippen molar-refractivity contribution in [2.75, 3.05) is 26.4 Å². The predicted octanol–water partition coefficient (Wildman–Crippen LogP) is 4.92. The highest BCUT2D eigenvalue weighted by Crippen LogP contribution is 2.53. The fraction of sp³-hybridized carbons (Fsp3) is 0.688. The predicted molar refractivity (Wildman–Crippen MR) is 98.1 cm³/mol. The SMILES string of the molecule is CCOP(=O)(Cc1cc(C)nc(CP(=O)(OCC)OCC)c1)OCC. The summed E-state index contributed by atoms with van der Waals surface area (Å²) >= 11 is 0. The van der Waals surface area contributed by atoms with Crippen LogP contribution in [0.5, 0.6) is 0 Å². The molecule has 25 heavy (non-hydrogen) atoms. The van der Waals surface area contributed by atoms with Gasteiger partial charge >= 0.3 is 15.2 Å². The molecule has 7 nitrogen and oxygen atoms in total. The van der Waals surface area contributed by atoms with E-state index in [0.29, 0.717) is 32.1 Å². The second-order valence-corrected chi connectivity index (χ2v) is 9.43. The molecule has 0 N–H and O–H groups in total. The molecule has 0 radical (unpaired) electrons. The smallest absolute Gasteiger partial charge is 0.309 e. The summed E-state index contributed by atoms with van der Waals surface area (Å²) in [6.07, 6.45) is 0.204. The monoisotopic (exact) mass is 393 g/mol. The Morgan fingerprint density at radius 2 is 1.24 bits per heavy atom. The molecule has 0 saturated heterocycles. The van der Waals surface area contributed by atoms with Gasteiger partial charge in [0, 0.05) is 5.69 Å². The van der Waals surface area contributed by atoms with Gasteiger partial charge in [-0.25, -0.2) is 0 Å². The maximum atomic E-state index is 12.7. The number of aryl methyl sites for hydroxylation is 1. The fourth-order valence-corrected chi connectivity index (χ4v) is 5.73. The molecule has 1 heterocycles. The second kappa shape index (κ2) is 10.6. The number of hydrogen-bond donors (Lipinski definition) is 0. The summed E-state index contributed by atoms with van der Waals surface area (Å²) in [6.45, 7) is 10.1. The molecule has 1 aromatic heterocycles. The summed E-state index contributed by atoms with van der Waals surface area (Å²) in [5.74, 6) is 0. The van der Waals surface area contributed by atoms with Crippen molar-refractivity contribution in [3.8, 4) is 0 Å². The molecule has 0 aliphatic rings. The maximum Gasteiger partial charge on any atom is 0.336 e. The van der Waals surface area contributed by atoms with Crippen LogP contribution >= 0.6 is 15.2 Å². The van der Waals surface area contributed by atoms with Crippen LogP contribution < -0.4 is 0 Å². The first kappa shape index (κ1) is 22.5. The van der Waals surface area contributed by atoms with E-state index in [4.69, 9.17) is 18.1 Å². The van der Waals surface area contributed by atoms with Crippen molar-refractivity contribution < 1.29 is 27.2 Å². The lowest BCUT2D eigenvalue weighted by molar-refractivity contribution is 0.218. The first-order valence-electron chi connectivity index (χ1n) is 8.52. The van der Waals surface area contributed by atoms with Gasteiger partial charge in [0.05, 0.1) is 44.4 Å². The Balaban J connectivity index is 3.06. The van der Waals surface area contributed by atoms with Crippen LogP contribution in [-0.2, 0) is 39.5 Å². The molecule has 1 aromatic rings. The maximum absolute atomic E-state index is 12.7. The Labute approximate surface area is 150 Å². The van der Waals surface area contributed by atoms with Crippen molar-refractivity contribution >= 4 is 15.2 Å². The van der Waals surface area contributed by atoms with Gasteiger partial charge in [-0.05, 0) is 52.3 Å². The Kier molecular flexibility index (Phi) is 9.50. The Morgan fingerprint density at radius 1 is 0.800 bits per heavy atom. The molecule has 0 spiro atoms. The van der Waals surface area contributed by atoms with Crippen LogP contribution in [0.25, 0.3) is 0 Å². The largest absolute Gasteiger partial charge is 0.336 e. The third kappa shape index (κ3) is 7.69. The van der Waals surface area contributed by atoms with E-state index in [1.54, 1.807) is 33.8 Å². The van der Waals surface area contributed by atoms with E-state index < -0.39 is 15.2 Å². The van der Waals surface area contributed by atoms with E-state index in [2.05, 4.69) is 4.98 Å². The number of hydrogen-bond acceptors (Lipinski definition) is 7. The van der Waals surface area contributed by atoms with Crippen LogP contribution in [-0.4, -0.2) is 31.4 Å². The molecular formula is C16H29NO6P2. The molecule has 0 aliphatic carbocycles. The summed E-state index contributed by atoms with van der Waals surface area (Å²) in [5, 5.41) is 0. The van der Waals surface area contributed by atoms with Crippen molar-refractivity contribution in [3.63, 3.8) is 0 Å². The molecule has 0 aliphatic heterocycles. The van der Waals surface area contributed by atoms with Gasteiger partial charge in [0.25, 0.3) is 0 Å². The Bertz CT molecular complexity index is 567. The molecule has 1 rings (SSSR count). The van der Waals surface area contributed by atoms with Crippen molar-refractivity contribution in [1.29, 1.82) is 0 Å². The molecular weight excluding hydrogens is 364 g/mol. The molecule has 0 unspecified atom stereocenters. The lowest BCUT2D eigenvalue weighted by atomic mass is 10.2. The number of nitrogens with zero attached hydrogens (tertiary/aromatic N) is 1. The van der Waals surface area contributed by atoms with Crippen molar-refractivity contribution in [2.24, 2.45) is 0 Å². The lowest BCUT2D eigenvalue weighted by Crippen LogP contribution is -2.04. The quantitative estimate of drug-likeness (QED) is 0.466. The van der Waals surface area contributed by atoms with Gasteiger partial charge in [-0.15, -0.1) is 0 Å². The topological polar surface area (TPSA) is 84.0 Å². The van der Waals surface area contributed by atoms with E-state index in [1.807, 2.05) is 13.0 Å². The standard InChI is InChI=1S/C16H29NO6P2/c1-6-20-24(18,21-7-2)12-15-10-14(5)17-16(11-15)13-25(19,22-8-3)23-9-4/h10-11H,6-9,12-13H2,1-5H3. The van der Waals surface area contributed by atoms with Crippen LogP contribution in [0, 0.1) is 6.92 Å². The molecule has 144 valence electrons. The number of aromatic nitrogens is 1. The zero-order valence-corrected chi connectivity index (χ0v) is 17.5. The van der Waals surface area contributed by atoms with Crippen LogP contribution in [0.15, 0.2) is 12.1 Å². The van der Waals surface area contributed by atoms with Gasteiger partial charge < -0.3 is 18.1 Å². The van der Waals surface area contributed by atoms with Gasteiger partial charge in [0.15, 0.2) is 0 Å². The molecule has 9 heteroatoms. The lowest BCUT2D eigenvalue weighted by Gasteiger charge is -2.19. The molecule has 0 fully saturated rings. The third-order valence-electron chi connectivity index (χ3n) is 3.10. The van der Waals surface area contributed by atoms with Gasteiger partial charge in [-0.1, -0.05) is 0 Å². The summed E-state index contributed by atoms with van der Waals surface area (Å²) in [7, 11) is -6.47. The van der Waals surface area contributed by atoms with Crippen LogP contribution in [0.1, 0.15) is 44.6 Å². The van der Waals surface area contributed by atoms with E-state index >= 15 is 0 Å². The van der Waals surface area contributed by atoms with E-state index in [0.717, 1.165) is 11.3 Å². The van der Waals surface area contributed by atoms with Crippen molar-refractivity contribution in [3.05, 3.63) is 29.1 Å². The highest BCUT2D eigenvalue weighted by atomic mass is 31.2. The summed E-state index contributed by atoms with van der Waals surface area (Å²) in [5.41, 5.74) is 2.05. The molecule has 0 aromatic carbocycles. The van der Waals surface area contributed by atoms with E-state index in [1.165, 1.54) is 0 Å². The Hall–Kier alpha value is -0.550. The first-order chi connectivity index (χ1) is 11.8. The van der Waals surface area contributed by atoms with Crippen LogP contribution in [0.2, 0.25) is 0 Å². The first-order valence-corrected chi connectivity index (χ1v) is 12.0. The Morgan fingerprint density at radius 3 is 1.68 bits per heavy atom. The van der Waals surface area contributed by atoms with Gasteiger partial charge in [0.1, 0.15) is 0 Å². The summed E-state index contributed by atoms with van der Waals surface area (Å²) < 4.78 is 46.8. The second-order valence-electron chi connectivity index (χ2n) is 5.32. The van der Waals surface area contributed by atoms with Crippen LogP contribution in [0.3, 0.4) is 0 Å². The normalized spacial score (nSPS) is 12.5. The molecule has 0 amide bonds. The van der Waals surface area contributed by atoms with Crippen LogP contribution in [0.4, 0.5) is 0 Å². The number of rotatable bonds is 12. The summed E-state index contributed by atoms with van der Waals surface area (Å²) in [4.78, 5) is 4.40. The fourth-order valence-electron chi connectivity index (χ4n) is 2.45. The van der Waals surface area contributed by atoms with Gasteiger partial charge in [0.2, 0.25) is 0 Å². The highest BCUT2D eigenvalue weighted by molar-refractivity contribution is 7.53. The average molecular weight is 393 g/mol. The minimum Gasteiger partial charge on any atom is -0.309 e. The summed E-state index contributed by atoms with van der Waals surface area (Å²) in [6, 6.07) is 3.57. The molecule has 0 bridgehead atoms. The highest BCUT2D eigenvalue weighted by Gasteiger charge is 2.27. The van der Waals surface area contributed by atoms with Gasteiger partial charge in [-0.2, -0.15) is 0 Å². The van der Waals surface area contributed by atoms with E-state index in [-0.39, 0.29) is 12.3 Å².